The van der Waals surface area contributed by atoms with Gasteiger partial charge in [0.25, 0.3) is 0 Å². The number of ketones is 1. The minimum absolute atomic E-state index is 0.0106. The summed E-state index contributed by atoms with van der Waals surface area (Å²) < 4.78 is 4.99. The average molecular weight is 361 g/mol. The lowest BCUT2D eigenvalue weighted by Crippen LogP contribution is -2.32. The molecular formula is C19H21ClN2O3. The Balaban J connectivity index is 2.33. The molecule has 0 unspecified atom stereocenters. The van der Waals surface area contributed by atoms with Gasteiger partial charge in [-0.3, -0.25) is 4.79 Å². The van der Waals surface area contributed by atoms with Crippen LogP contribution < -0.4 is 0 Å². The molecule has 1 heterocycles. The highest BCUT2D eigenvalue weighted by Crippen LogP contribution is 2.23. The van der Waals surface area contributed by atoms with Gasteiger partial charge in [0.15, 0.2) is 11.4 Å². The van der Waals surface area contributed by atoms with Crippen molar-refractivity contribution in [3.63, 3.8) is 0 Å². The summed E-state index contributed by atoms with van der Waals surface area (Å²) in [6.07, 6.45) is 3.04. The first kappa shape index (κ1) is 19.0. The Bertz CT molecular complexity index is 698. The van der Waals surface area contributed by atoms with E-state index in [0.717, 1.165) is 32.4 Å². The van der Waals surface area contributed by atoms with Crippen LogP contribution in [0.3, 0.4) is 0 Å². The van der Waals surface area contributed by atoms with Gasteiger partial charge in [0.1, 0.15) is 6.07 Å². The predicted octanol–water partition coefficient (Wildman–Crippen LogP) is 3.74. The molecule has 132 valence electrons. The second-order valence-corrected chi connectivity index (χ2v) is 6.24. The van der Waals surface area contributed by atoms with Crippen LogP contribution >= 0.6 is 11.6 Å². The number of Topliss-reactive ketones (excluding diaryl/α,β-unsaturated/α-hetero) is 1. The van der Waals surface area contributed by atoms with E-state index < -0.39 is 5.97 Å². The van der Waals surface area contributed by atoms with Crippen LogP contribution in [-0.4, -0.2) is 36.3 Å². The van der Waals surface area contributed by atoms with Crippen LogP contribution in [0.4, 0.5) is 0 Å². The number of rotatable bonds is 6. The number of piperidine rings is 1. The standard InChI is InChI=1S/C19H21ClN2O3/c1-2-25-19(24)16(13-21)17(22-10-4-3-5-11-22)12-18(23)14-6-8-15(20)9-7-14/h6-9H,2-5,10-12H2,1H3/b17-16+. The summed E-state index contributed by atoms with van der Waals surface area (Å²) in [4.78, 5) is 26.8. The number of hydrogen-bond acceptors (Lipinski definition) is 5. The smallest absolute Gasteiger partial charge is 0.350 e. The molecule has 0 aromatic heterocycles. The number of benzene rings is 1. The largest absolute Gasteiger partial charge is 0.462 e. The van der Waals surface area contributed by atoms with E-state index in [2.05, 4.69) is 0 Å². The first-order valence-electron chi connectivity index (χ1n) is 8.41. The third-order valence-electron chi connectivity index (χ3n) is 4.11. The average Bonchev–Trinajstić information content (AvgIpc) is 2.63. The fourth-order valence-corrected chi connectivity index (χ4v) is 2.97. The van der Waals surface area contributed by atoms with E-state index >= 15 is 0 Å². The molecule has 1 fully saturated rings. The summed E-state index contributed by atoms with van der Waals surface area (Å²) in [7, 11) is 0. The van der Waals surface area contributed by atoms with Crippen LogP contribution in [0.5, 0.6) is 0 Å². The minimum atomic E-state index is -0.672. The van der Waals surface area contributed by atoms with E-state index in [1.54, 1.807) is 31.2 Å². The van der Waals surface area contributed by atoms with Gasteiger partial charge in [-0.05, 0) is 50.5 Å². The highest BCUT2D eigenvalue weighted by molar-refractivity contribution is 6.30. The molecule has 0 bridgehead atoms. The molecule has 6 heteroatoms. The van der Waals surface area contributed by atoms with Crippen LogP contribution in [0.15, 0.2) is 35.5 Å². The zero-order chi connectivity index (χ0) is 18.2. The van der Waals surface area contributed by atoms with Gasteiger partial charge in [-0.2, -0.15) is 5.26 Å². The van der Waals surface area contributed by atoms with Crippen LogP contribution in [0.1, 0.15) is 43.0 Å². The molecule has 0 aliphatic carbocycles. The molecule has 5 nitrogen and oxygen atoms in total. The predicted molar refractivity (Wildman–Crippen MR) is 95.1 cm³/mol. The maximum Gasteiger partial charge on any atom is 0.350 e. The van der Waals surface area contributed by atoms with E-state index in [4.69, 9.17) is 16.3 Å². The quantitative estimate of drug-likeness (QED) is 0.334. The zero-order valence-corrected chi connectivity index (χ0v) is 15.0. The number of nitrogens with zero attached hydrogens (tertiary/aromatic N) is 2. The minimum Gasteiger partial charge on any atom is -0.462 e. The van der Waals surface area contributed by atoms with Crippen molar-refractivity contribution in [3.05, 3.63) is 46.1 Å². The Labute approximate surface area is 152 Å². The molecule has 0 N–H and O–H groups in total. The van der Waals surface area contributed by atoms with Gasteiger partial charge in [-0.1, -0.05) is 11.6 Å². The number of hydrogen-bond donors (Lipinski definition) is 0. The third-order valence-corrected chi connectivity index (χ3v) is 4.36. The monoisotopic (exact) mass is 360 g/mol. The van der Waals surface area contributed by atoms with Crippen molar-refractivity contribution >= 4 is 23.4 Å². The van der Waals surface area contributed by atoms with E-state index in [0.29, 0.717) is 16.3 Å². The molecule has 1 aromatic carbocycles. The second-order valence-electron chi connectivity index (χ2n) is 5.81. The Hall–Kier alpha value is -2.32. The Morgan fingerprint density at radius 3 is 2.40 bits per heavy atom. The Morgan fingerprint density at radius 2 is 1.84 bits per heavy atom. The van der Waals surface area contributed by atoms with Crippen molar-refractivity contribution in [1.82, 2.24) is 4.90 Å². The third kappa shape index (κ3) is 5.07. The van der Waals surface area contributed by atoms with Gasteiger partial charge in [0.2, 0.25) is 0 Å². The highest BCUT2D eigenvalue weighted by atomic mass is 35.5. The molecule has 0 saturated carbocycles. The fraction of sp³-hybridized carbons (Fsp3) is 0.421. The van der Waals surface area contributed by atoms with Gasteiger partial charge < -0.3 is 9.64 Å². The van der Waals surface area contributed by atoms with E-state index in [1.165, 1.54) is 0 Å². The highest BCUT2D eigenvalue weighted by Gasteiger charge is 2.25. The molecule has 0 atom stereocenters. The number of esters is 1. The molecule has 1 aliphatic heterocycles. The van der Waals surface area contributed by atoms with Gasteiger partial charge in [0, 0.05) is 29.4 Å². The summed E-state index contributed by atoms with van der Waals surface area (Å²) in [6.45, 7) is 3.33. The summed E-state index contributed by atoms with van der Waals surface area (Å²) >= 11 is 5.86. The first-order chi connectivity index (χ1) is 12.1. The molecule has 25 heavy (non-hydrogen) atoms. The molecule has 0 spiro atoms. The van der Waals surface area contributed by atoms with Gasteiger partial charge >= 0.3 is 5.97 Å². The van der Waals surface area contributed by atoms with Crippen molar-refractivity contribution in [2.24, 2.45) is 0 Å². The lowest BCUT2D eigenvalue weighted by molar-refractivity contribution is -0.138. The topological polar surface area (TPSA) is 70.4 Å². The number of halogens is 1. The number of allylic oxidation sites excluding steroid dienone is 1. The van der Waals surface area contributed by atoms with E-state index in [9.17, 15) is 14.9 Å². The molecular weight excluding hydrogens is 340 g/mol. The van der Waals surface area contributed by atoms with E-state index in [-0.39, 0.29) is 24.4 Å². The van der Waals surface area contributed by atoms with E-state index in [1.807, 2.05) is 11.0 Å². The summed E-state index contributed by atoms with van der Waals surface area (Å²) in [6, 6.07) is 8.53. The van der Waals surface area contributed by atoms with Crippen LogP contribution in [0.2, 0.25) is 5.02 Å². The van der Waals surface area contributed by atoms with Crippen LogP contribution in [0, 0.1) is 11.3 Å². The summed E-state index contributed by atoms with van der Waals surface area (Å²) in [5.41, 5.74) is 0.881. The maximum atomic E-state index is 12.6. The van der Waals surface area contributed by atoms with Crippen LogP contribution in [-0.2, 0) is 9.53 Å². The SMILES string of the molecule is CCOC(=O)/C(C#N)=C(\CC(=O)c1ccc(Cl)cc1)N1CCCCC1. The van der Waals surface area contributed by atoms with Crippen molar-refractivity contribution in [1.29, 1.82) is 5.26 Å². The van der Waals surface area contributed by atoms with Crippen LogP contribution in [0.25, 0.3) is 0 Å². The Kier molecular flexibility index (Phi) is 7.03. The number of carbonyl (C=O) groups is 2. The van der Waals surface area contributed by atoms with Crippen molar-refractivity contribution in [2.45, 2.75) is 32.6 Å². The number of likely N-dealkylation sites (tertiary alicyclic amines) is 1. The molecule has 1 aromatic rings. The van der Waals surface area contributed by atoms with Crippen molar-refractivity contribution < 1.29 is 14.3 Å². The summed E-state index contributed by atoms with van der Waals surface area (Å²) in [5, 5.41) is 10.0. The zero-order valence-electron chi connectivity index (χ0n) is 14.3. The number of ether oxygens (including phenoxy) is 1. The fourth-order valence-electron chi connectivity index (χ4n) is 2.84. The maximum absolute atomic E-state index is 12.6. The second kappa shape index (κ2) is 9.24. The van der Waals surface area contributed by atoms with Gasteiger partial charge in [0.05, 0.1) is 13.0 Å². The first-order valence-corrected chi connectivity index (χ1v) is 8.78. The molecule has 1 saturated heterocycles. The van der Waals surface area contributed by atoms with Crippen molar-refractivity contribution in [3.8, 4) is 6.07 Å². The number of carbonyl (C=O) groups excluding carboxylic acids is 2. The summed E-state index contributed by atoms with van der Waals surface area (Å²) in [5.74, 6) is -0.830. The lowest BCUT2D eigenvalue weighted by Gasteiger charge is -2.31. The Morgan fingerprint density at radius 1 is 1.20 bits per heavy atom. The molecule has 1 aliphatic rings. The lowest BCUT2D eigenvalue weighted by atomic mass is 10.0. The normalized spacial score (nSPS) is 15.2. The van der Waals surface area contributed by atoms with Gasteiger partial charge in [-0.15, -0.1) is 0 Å². The molecule has 2 rings (SSSR count). The van der Waals surface area contributed by atoms with Crippen molar-refractivity contribution in [2.75, 3.05) is 19.7 Å². The molecule has 0 radical (unpaired) electrons. The van der Waals surface area contributed by atoms with Gasteiger partial charge in [-0.25, -0.2) is 4.79 Å². The number of nitriles is 1. The molecule has 0 amide bonds.